The molecule has 1 heterocycles. The molecule has 21 heavy (non-hydrogen) atoms. The third kappa shape index (κ3) is 2.93. The van der Waals surface area contributed by atoms with Gasteiger partial charge in [-0.05, 0) is 31.9 Å². The molecule has 2 aromatic rings. The fraction of sp³-hybridized carbons (Fsp3) is 0.375. The number of hydrogen-bond donors (Lipinski definition) is 2. The highest BCUT2D eigenvalue weighted by molar-refractivity contribution is 7.14. The lowest BCUT2D eigenvalue weighted by atomic mass is 10.1. The quantitative estimate of drug-likeness (QED) is 0.844. The van der Waals surface area contributed by atoms with Crippen LogP contribution in [0.15, 0.2) is 24.3 Å². The van der Waals surface area contributed by atoms with E-state index < -0.39 is 0 Å². The van der Waals surface area contributed by atoms with Crippen molar-refractivity contribution in [3.05, 3.63) is 39.8 Å². The monoisotopic (exact) mass is 301 g/mol. The Bertz CT molecular complexity index is 659. The Labute approximate surface area is 128 Å². The van der Waals surface area contributed by atoms with Crippen LogP contribution < -0.4 is 11.1 Å². The van der Waals surface area contributed by atoms with Crippen LogP contribution in [0.1, 0.15) is 52.0 Å². The zero-order chi connectivity index (χ0) is 14.8. The van der Waals surface area contributed by atoms with Gasteiger partial charge in [0.2, 0.25) is 0 Å². The van der Waals surface area contributed by atoms with E-state index in [9.17, 15) is 4.79 Å². The number of carbonyl (C=O) groups excluding carboxylic acids is 1. The van der Waals surface area contributed by atoms with E-state index >= 15 is 0 Å². The van der Waals surface area contributed by atoms with E-state index in [1.807, 2.05) is 25.1 Å². The lowest BCUT2D eigenvalue weighted by molar-refractivity contribution is 0.103. The number of amides is 1. The van der Waals surface area contributed by atoms with Crippen LogP contribution in [0, 0.1) is 6.92 Å². The average Bonchev–Trinajstić information content (AvgIpc) is 3.10. The maximum absolute atomic E-state index is 12.4. The Balaban J connectivity index is 1.80. The van der Waals surface area contributed by atoms with Crippen LogP contribution in [-0.4, -0.2) is 10.9 Å². The van der Waals surface area contributed by atoms with Crippen LogP contribution in [0.25, 0.3) is 0 Å². The smallest absolute Gasteiger partial charge is 0.267 e. The summed E-state index contributed by atoms with van der Waals surface area (Å²) in [6.07, 6.45) is 4.93. The molecule has 0 aliphatic heterocycles. The van der Waals surface area contributed by atoms with Gasteiger partial charge in [-0.1, -0.05) is 25.0 Å². The molecule has 0 saturated heterocycles. The second-order valence-corrected chi connectivity index (χ2v) is 6.52. The van der Waals surface area contributed by atoms with Gasteiger partial charge in [-0.3, -0.25) is 4.79 Å². The van der Waals surface area contributed by atoms with Crippen LogP contribution >= 0.6 is 11.3 Å². The number of nitrogen functional groups attached to an aromatic ring is 1. The topological polar surface area (TPSA) is 68.0 Å². The third-order valence-corrected chi connectivity index (χ3v) is 5.25. The fourth-order valence-electron chi connectivity index (χ4n) is 2.77. The number of rotatable bonds is 3. The number of hydrogen-bond acceptors (Lipinski definition) is 4. The molecule has 3 N–H and O–H groups in total. The summed E-state index contributed by atoms with van der Waals surface area (Å²) in [4.78, 5) is 17.7. The molecule has 3 rings (SSSR count). The number of thiazole rings is 1. The first-order chi connectivity index (χ1) is 10.1. The molecule has 5 heteroatoms. The van der Waals surface area contributed by atoms with Gasteiger partial charge < -0.3 is 11.1 Å². The molecule has 0 atom stereocenters. The summed E-state index contributed by atoms with van der Waals surface area (Å²) < 4.78 is 0. The number of anilines is 2. The average molecular weight is 301 g/mol. The Morgan fingerprint density at radius 2 is 2.05 bits per heavy atom. The number of aryl methyl sites for hydroxylation is 1. The van der Waals surface area contributed by atoms with Gasteiger partial charge in [0, 0.05) is 5.92 Å². The molecule has 1 saturated carbocycles. The Kier molecular flexibility index (Phi) is 3.92. The van der Waals surface area contributed by atoms with Crippen molar-refractivity contribution in [1.82, 2.24) is 4.98 Å². The van der Waals surface area contributed by atoms with Crippen LogP contribution in [0.4, 0.5) is 11.4 Å². The van der Waals surface area contributed by atoms with E-state index in [-0.39, 0.29) is 5.91 Å². The predicted molar refractivity (Wildman–Crippen MR) is 86.9 cm³/mol. The van der Waals surface area contributed by atoms with Gasteiger partial charge in [0.1, 0.15) is 4.88 Å². The molecule has 0 bridgehead atoms. The molecule has 4 nitrogen and oxygen atoms in total. The minimum atomic E-state index is -0.118. The summed E-state index contributed by atoms with van der Waals surface area (Å²) in [6.45, 7) is 1.90. The van der Waals surface area contributed by atoms with Gasteiger partial charge in [-0.2, -0.15) is 0 Å². The maximum Gasteiger partial charge on any atom is 0.267 e. The third-order valence-electron chi connectivity index (χ3n) is 3.93. The first kappa shape index (κ1) is 14.1. The standard InChI is InChI=1S/C16H19N3OS/c1-10-14(21-16(18-10)11-6-2-3-7-11)15(20)19-13-9-5-4-8-12(13)17/h4-5,8-9,11H,2-3,6-7,17H2,1H3,(H,19,20). The highest BCUT2D eigenvalue weighted by Gasteiger charge is 2.23. The number of carbonyl (C=O) groups is 1. The molecule has 1 fully saturated rings. The molecule has 1 aliphatic carbocycles. The molecule has 1 aromatic carbocycles. The second-order valence-electron chi connectivity index (χ2n) is 5.49. The minimum absolute atomic E-state index is 0.118. The van der Waals surface area contributed by atoms with Crippen molar-refractivity contribution in [2.45, 2.75) is 38.5 Å². The summed E-state index contributed by atoms with van der Waals surface area (Å²) in [6, 6.07) is 7.29. The Morgan fingerprint density at radius 3 is 2.76 bits per heavy atom. The summed E-state index contributed by atoms with van der Waals surface area (Å²) in [5.41, 5.74) is 7.90. The Hall–Kier alpha value is -1.88. The minimum Gasteiger partial charge on any atom is -0.397 e. The van der Waals surface area contributed by atoms with Crippen molar-refractivity contribution in [3.63, 3.8) is 0 Å². The largest absolute Gasteiger partial charge is 0.397 e. The maximum atomic E-state index is 12.4. The van der Waals surface area contributed by atoms with E-state index in [2.05, 4.69) is 10.3 Å². The van der Waals surface area contributed by atoms with Gasteiger partial charge in [0.25, 0.3) is 5.91 Å². The second kappa shape index (κ2) is 5.85. The van der Waals surface area contributed by atoms with Crippen molar-refractivity contribution >= 4 is 28.6 Å². The van der Waals surface area contributed by atoms with E-state index in [0.29, 0.717) is 22.2 Å². The van der Waals surface area contributed by atoms with Gasteiger partial charge in [-0.15, -0.1) is 11.3 Å². The number of aromatic nitrogens is 1. The highest BCUT2D eigenvalue weighted by atomic mass is 32.1. The van der Waals surface area contributed by atoms with Crippen LogP contribution in [0.2, 0.25) is 0 Å². The zero-order valence-corrected chi connectivity index (χ0v) is 12.9. The zero-order valence-electron chi connectivity index (χ0n) is 12.1. The van der Waals surface area contributed by atoms with Crippen molar-refractivity contribution < 1.29 is 4.79 Å². The fourth-order valence-corrected chi connectivity index (χ4v) is 3.90. The van der Waals surface area contributed by atoms with Crippen LogP contribution in [0.3, 0.4) is 0 Å². The number of para-hydroxylation sites is 2. The number of benzene rings is 1. The first-order valence-electron chi connectivity index (χ1n) is 7.28. The van der Waals surface area contributed by atoms with Gasteiger partial charge in [0.15, 0.2) is 0 Å². The molecule has 0 unspecified atom stereocenters. The number of nitrogens with zero attached hydrogens (tertiary/aromatic N) is 1. The Morgan fingerprint density at radius 1 is 1.33 bits per heavy atom. The van der Waals surface area contributed by atoms with Crippen molar-refractivity contribution in [3.8, 4) is 0 Å². The van der Waals surface area contributed by atoms with E-state index in [1.54, 1.807) is 6.07 Å². The first-order valence-corrected chi connectivity index (χ1v) is 8.10. The normalized spacial score (nSPS) is 15.3. The molecular formula is C16H19N3OS. The molecular weight excluding hydrogens is 282 g/mol. The van der Waals surface area contributed by atoms with Crippen molar-refractivity contribution in [2.75, 3.05) is 11.1 Å². The lowest BCUT2D eigenvalue weighted by Gasteiger charge is -2.06. The number of nitrogens with one attached hydrogen (secondary N) is 1. The van der Waals surface area contributed by atoms with Crippen LogP contribution in [-0.2, 0) is 0 Å². The van der Waals surface area contributed by atoms with E-state index in [0.717, 1.165) is 10.7 Å². The van der Waals surface area contributed by atoms with Gasteiger partial charge >= 0.3 is 0 Å². The van der Waals surface area contributed by atoms with E-state index in [1.165, 1.54) is 37.0 Å². The summed E-state index contributed by atoms with van der Waals surface area (Å²) in [5, 5.41) is 3.99. The molecule has 1 aromatic heterocycles. The lowest BCUT2D eigenvalue weighted by Crippen LogP contribution is -2.12. The SMILES string of the molecule is Cc1nc(C2CCCC2)sc1C(=O)Nc1ccccc1N. The highest BCUT2D eigenvalue weighted by Crippen LogP contribution is 2.37. The summed E-state index contributed by atoms with van der Waals surface area (Å²) in [5.74, 6) is 0.421. The summed E-state index contributed by atoms with van der Waals surface area (Å²) >= 11 is 1.53. The molecule has 0 radical (unpaired) electrons. The number of nitrogens with two attached hydrogens (primary N) is 1. The predicted octanol–water partition coefficient (Wildman–Crippen LogP) is 3.94. The molecule has 110 valence electrons. The van der Waals surface area contributed by atoms with Crippen molar-refractivity contribution in [2.24, 2.45) is 0 Å². The van der Waals surface area contributed by atoms with Gasteiger partial charge in [-0.25, -0.2) is 4.98 Å². The van der Waals surface area contributed by atoms with Crippen LogP contribution in [0.5, 0.6) is 0 Å². The summed E-state index contributed by atoms with van der Waals surface area (Å²) in [7, 11) is 0. The molecule has 1 amide bonds. The molecule has 0 spiro atoms. The van der Waals surface area contributed by atoms with Crippen molar-refractivity contribution in [1.29, 1.82) is 0 Å². The van der Waals surface area contributed by atoms with Gasteiger partial charge in [0.05, 0.1) is 22.1 Å². The molecule has 1 aliphatic rings. The van der Waals surface area contributed by atoms with E-state index in [4.69, 9.17) is 5.73 Å².